The Bertz CT molecular complexity index is 1280. The number of aromatic carboxylic acids is 1. The average molecular weight is 529 g/mol. The molecule has 0 amide bonds. The lowest BCUT2D eigenvalue weighted by molar-refractivity contribution is 0.0693. The van der Waals surface area contributed by atoms with Crippen molar-refractivity contribution in [2.75, 3.05) is 26.7 Å². The minimum Gasteiger partial charge on any atom is -0.487 e. The molecular weight excluding hydrogens is 492 g/mol. The number of carbonyl (C=O) groups is 1. The summed E-state index contributed by atoms with van der Waals surface area (Å²) in [7, 11) is -1.94. The second-order valence-electron chi connectivity index (χ2n) is 10.2. The zero-order chi connectivity index (χ0) is 26.7. The van der Waals surface area contributed by atoms with E-state index in [0.717, 1.165) is 30.4 Å². The molecule has 4 rings (SSSR count). The second kappa shape index (κ2) is 11.3. The zero-order valence-electron chi connectivity index (χ0n) is 21.6. The molecule has 2 aromatic carbocycles. The Hall–Kier alpha value is -2.72. The zero-order valence-corrected chi connectivity index (χ0v) is 22.4. The third kappa shape index (κ3) is 6.06. The number of carboxylic acid groups (broad SMARTS) is 1. The normalized spacial score (nSPS) is 22.5. The summed E-state index contributed by atoms with van der Waals surface area (Å²) < 4.78 is 35.2. The molecule has 0 spiro atoms. The molecule has 1 aliphatic carbocycles. The Balaban J connectivity index is 1.66. The molecule has 8 nitrogen and oxygen atoms in total. The van der Waals surface area contributed by atoms with Gasteiger partial charge in [0.2, 0.25) is 10.0 Å². The van der Waals surface area contributed by atoms with Crippen molar-refractivity contribution < 1.29 is 28.2 Å². The van der Waals surface area contributed by atoms with Gasteiger partial charge in [0.15, 0.2) is 0 Å². The smallest absolute Gasteiger partial charge is 0.335 e. The van der Waals surface area contributed by atoms with Gasteiger partial charge >= 0.3 is 5.97 Å². The van der Waals surface area contributed by atoms with Gasteiger partial charge in [0.1, 0.15) is 16.7 Å². The summed E-state index contributed by atoms with van der Waals surface area (Å²) in [6.45, 7) is 4.63. The molecule has 0 aromatic heterocycles. The number of carboxylic acids is 1. The fourth-order valence-corrected chi connectivity index (χ4v) is 6.89. The van der Waals surface area contributed by atoms with Gasteiger partial charge in [-0.2, -0.15) is 4.31 Å². The van der Waals surface area contributed by atoms with Crippen LogP contribution in [0.15, 0.2) is 53.4 Å². The molecule has 1 heterocycles. The third-order valence-electron chi connectivity index (χ3n) is 7.20. The van der Waals surface area contributed by atoms with Gasteiger partial charge in [0.05, 0.1) is 12.2 Å². The summed E-state index contributed by atoms with van der Waals surface area (Å²) in [6, 6.07) is 11.6. The standard InChI is InChI=1S/C28H36N2O6S/c1-19-15-30(20(2)18-31)37(34,35)27-12-11-23(22-8-4-5-9-22)14-25(27)36-26(19)17-29(3)16-21-7-6-10-24(13-21)28(32)33/h6-8,10-14,19-20,26,31H,4-5,9,15-18H2,1-3H3,(H,32,33)/t19-,20-,26+/m0/s1. The molecule has 0 fully saturated rings. The van der Waals surface area contributed by atoms with E-state index in [1.165, 1.54) is 9.88 Å². The molecular formula is C28H36N2O6S. The van der Waals surface area contributed by atoms with Gasteiger partial charge in [0, 0.05) is 31.6 Å². The van der Waals surface area contributed by atoms with Crippen molar-refractivity contribution in [1.82, 2.24) is 9.21 Å². The van der Waals surface area contributed by atoms with Crippen LogP contribution in [-0.4, -0.2) is 72.7 Å². The number of aliphatic hydroxyl groups excluding tert-OH is 1. The van der Waals surface area contributed by atoms with Crippen molar-refractivity contribution in [2.24, 2.45) is 5.92 Å². The summed E-state index contributed by atoms with van der Waals surface area (Å²) in [6.07, 6.45) is 4.92. The highest BCUT2D eigenvalue weighted by Crippen LogP contribution is 2.37. The SMILES string of the molecule is C[C@H]1CN([C@@H](C)CO)S(=O)(=O)c2ccc(C3=CCCC3)cc2O[C@@H]1CN(C)Cc1cccc(C(=O)O)c1. The van der Waals surface area contributed by atoms with E-state index in [1.54, 1.807) is 31.2 Å². The minimum absolute atomic E-state index is 0.115. The van der Waals surface area contributed by atoms with Gasteiger partial charge in [0.25, 0.3) is 0 Å². The number of ether oxygens (including phenoxy) is 1. The lowest BCUT2D eigenvalue weighted by atomic mass is 10.0. The first-order valence-corrected chi connectivity index (χ1v) is 14.2. The van der Waals surface area contributed by atoms with Gasteiger partial charge in [-0.05, 0) is 74.2 Å². The van der Waals surface area contributed by atoms with Crippen LogP contribution in [0, 0.1) is 5.92 Å². The summed E-state index contributed by atoms with van der Waals surface area (Å²) >= 11 is 0. The number of fused-ring (bicyclic) bond motifs is 1. The van der Waals surface area contributed by atoms with Crippen LogP contribution >= 0.6 is 0 Å². The van der Waals surface area contributed by atoms with Crippen LogP contribution in [0.2, 0.25) is 0 Å². The Morgan fingerprint density at radius 2 is 2.03 bits per heavy atom. The third-order valence-corrected chi connectivity index (χ3v) is 9.22. The van der Waals surface area contributed by atoms with E-state index in [1.807, 2.05) is 32.2 Å². The number of rotatable bonds is 8. The number of benzene rings is 2. The second-order valence-corrected chi connectivity index (χ2v) is 12.1. The van der Waals surface area contributed by atoms with E-state index >= 15 is 0 Å². The number of nitrogens with zero attached hydrogens (tertiary/aromatic N) is 2. The monoisotopic (exact) mass is 528 g/mol. The van der Waals surface area contributed by atoms with E-state index in [0.29, 0.717) is 18.8 Å². The summed E-state index contributed by atoms with van der Waals surface area (Å²) in [5.74, 6) is -0.803. The van der Waals surface area contributed by atoms with Gasteiger partial charge in [-0.3, -0.25) is 4.90 Å². The highest BCUT2D eigenvalue weighted by Gasteiger charge is 2.38. The number of hydrogen-bond acceptors (Lipinski definition) is 6. The summed E-state index contributed by atoms with van der Waals surface area (Å²) in [4.78, 5) is 13.5. The van der Waals surface area contributed by atoms with Gasteiger partial charge in [-0.15, -0.1) is 0 Å². The largest absolute Gasteiger partial charge is 0.487 e. The van der Waals surface area contributed by atoms with Crippen LogP contribution in [0.4, 0.5) is 0 Å². The van der Waals surface area contributed by atoms with Crippen molar-refractivity contribution >= 4 is 21.6 Å². The van der Waals surface area contributed by atoms with Gasteiger partial charge in [-0.25, -0.2) is 13.2 Å². The number of aliphatic hydroxyl groups is 1. The van der Waals surface area contributed by atoms with Crippen molar-refractivity contribution in [3.8, 4) is 5.75 Å². The highest BCUT2D eigenvalue weighted by atomic mass is 32.2. The van der Waals surface area contributed by atoms with E-state index in [-0.39, 0.29) is 35.6 Å². The van der Waals surface area contributed by atoms with Crippen LogP contribution in [0.5, 0.6) is 5.75 Å². The van der Waals surface area contributed by atoms with Crippen LogP contribution in [0.25, 0.3) is 5.57 Å². The van der Waals surface area contributed by atoms with Crippen molar-refractivity contribution in [1.29, 1.82) is 0 Å². The van der Waals surface area contributed by atoms with Crippen LogP contribution in [0.1, 0.15) is 54.6 Å². The molecule has 2 aliphatic rings. The molecule has 200 valence electrons. The highest BCUT2D eigenvalue weighted by molar-refractivity contribution is 7.89. The van der Waals surface area contributed by atoms with E-state index in [2.05, 4.69) is 11.0 Å². The van der Waals surface area contributed by atoms with Crippen LogP contribution < -0.4 is 4.74 Å². The average Bonchev–Trinajstić information content (AvgIpc) is 3.40. The number of allylic oxidation sites excluding steroid dienone is 2. The number of hydrogen-bond donors (Lipinski definition) is 2. The molecule has 2 aromatic rings. The molecule has 0 saturated carbocycles. The predicted octanol–water partition coefficient (Wildman–Crippen LogP) is 3.85. The number of sulfonamides is 1. The molecule has 37 heavy (non-hydrogen) atoms. The molecule has 0 unspecified atom stereocenters. The number of likely N-dealkylation sites (N-methyl/N-ethyl adjacent to an activating group) is 1. The fourth-order valence-electron chi connectivity index (χ4n) is 5.06. The molecule has 3 atom stereocenters. The van der Waals surface area contributed by atoms with Crippen LogP contribution in [0.3, 0.4) is 0 Å². The van der Waals surface area contributed by atoms with Crippen molar-refractivity contribution in [3.63, 3.8) is 0 Å². The Morgan fingerprint density at radius 3 is 2.70 bits per heavy atom. The molecule has 9 heteroatoms. The van der Waals surface area contributed by atoms with E-state index in [4.69, 9.17) is 4.74 Å². The summed E-state index contributed by atoms with van der Waals surface area (Å²) in [5.41, 5.74) is 3.28. The van der Waals surface area contributed by atoms with E-state index < -0.39 is 22.0 Å². The van der Waals surface area contributed by atoms with Gasteiger partial charge in [-0.1, -0.05) is 31.2 Å². The van der Waals surface area contributed by atoms with Crippen molar-refractivity contribution in [2.45, 2.75) is 56.7 Å². The topological polar surface area (TPSA) is 107 Å². The first-order chi connectivity index (χ1) is 17.6. The Morgan fingerprint density at radius 1 is 1.24 bits per heavy atom. The molecule has 0 radical (unpaired) electrons. The molecule has 1 aliphatic heterocycles. The van der Waals surface area contributed by atoms with Crippen molar-refractivity contribution in [3.05, 3.63) is 65.2 Å². The first kappa shape index (κ1) is 27.3. The minimum atomic E-state index is -3.88. The molecule has 2 N–H and O–H groups in total. The fraction of sp³-hybridized carbons (Fsp3) is 0.464. The molecule has 0 bridgehead atoms. The molecule has 0 saturated heterocycles. The maximum atomic E-state index is 13.7. The summed E-state index contributed by atoms with van der Waals surface area (Å²) in [5, 5.41) is 19.2. The van der Waals surface area contributed by atoms with Crippen LogP contribution in [-0.2, 0) is 16.6 Å². The lowest BCUT2D eigenvalue weighted by Gasteiger charge is -2.37. The Labute approximate surface area is 219 Å². The first-order valence-electron chi connectivity index (χ1n) is 12.7. The Kier molecular flexibility index (Phi) is 8.38. The maximum Gasteiger partial charge on any atom is 0.335 e. The van der Waals surface area contributed by atoms with E-state index in [9.17, 15) is 23.4 Å². The lowest BCUT2D eigenvalue weighted by Crippen LogP contribution is -2.49. The quantitative estimate of drug-likeness (QED) is 0.536. The maximum absolute atomic E-state index is 13.7. The predicted molar refractivity (Wildman–Crippen MR) is 142 cm³/mol. The van der Waals surface area contributed by atoms with Gasteiger partial charge < -0.3 is 14.9 Å².